The first-order valence-electron chi connectivity index (χ1n) is 5.91. The Morgan fingerprint density at radius 1 is 1.47 bits per heavy atom. The Morgan fingerprint density at radius 2 is 2.26 bits per heavy atom. The van der Waals surface area contributed by atoms with Crippen LogP contribution < -0.4 is 11.1 Å². The molecule has 0 fully saturated rings. The normalized spacial score (nSPS) is 10.4. The van der Waals surface area contributed by atoms with Gasteiger partial charge in [0.2, 0.25) is 0 Å². The fourth-order valence-corrected chi connectivity index (χ4v) is 1.35. The molecule has 7 heteroatoms. The molecule has 1 aromatic rings. The second-order valence-corrected chi connectivity index (χ2v) is 3.80. The molecule has 19 heavy (non-hydrogen) atoms. The number of nitrogens with two attached hydrogens (primary N) is 1. The van der Waals surface area contributed by atoms with E-state index in [1.54, 1.807) is 7.11 Å². The highest BCUT2D eigenvalue weighted by atomic mass is 19.1. The molecule has 0 saturated carbocycles. The molecule has 0 atom stereocenters. The van der Waals surface area contributed by atoms with Gasteiger partial charge in [-0.15, -0.1) is 0 Å². The third-order valence-corrected chi connectivity index (χ3v) is 2.31. The minimum atomic E-state index is -0.595. The Morgan fingerprint density at radius 3 is 3.00 bits per heavy atom. The number of amides is 1. The molecular formula is C12H18FN3O3. The van der Waals surface area contributed by atoms with Crippen LogP contribution in [0.2, 0.25) is 0 Å². The number of hydrogen-bond acceptors (Lipinski definition) is 5. The minimum absolute atomic E-state index is 0.00949. The fourth-order valence-electron chi connectivity index (χ4n) is 1.35. The summed E-state index contributed by atoms with van der Waals surface area (Å²) in [5.41, 5.74) is 5.54. The van der Waals surface area contributed by atoms with Crippen molar-refractivity contribution in [2.75, 3.05) is 39.2 Å². The van der Waals surface area contributed by atoms with Gasteiger partial charge >= 0.3 is 0 Å². The van der Waals surface area contributed by atoms with Gasteiger partial charge in [-0.05, 0) is 12.5 Å². The van der Waals surface area contributed by atoms with E-state index in [1.807, 2.05) is 0 Å². The molecule has 1 aromatic heterocycles. The van der Waals surface area contributed by atoms with Gasteiger partial charge in [0.1, 0.15) is 11.6 Å². The molecule has 0 spiro atoms. The van der Waals surface area contributed by atoms with Crippen LogP contribution in [0.1, 0.15) is 16.8 Å². The second-order valence-electron chi connectivity index (χ2n) is 3.80. The van der Waals surface area contributed by atoms with Gasteiger partial charge in [-0.2, -0.15) is 0 Å². The zero-order chi connectivity index (χ0) is 14.1. The van der Waals surface area contributed by atoms with E-state index < -0.39 is 11.7 Å². The number of halogens is 1. The van der Waals surface area contributed by atoms with Crippen molar-refractivity contribution in [2.45, 2.75) is 6.42 Å². The molecule has 0 aromatic carbocycles. The number of nitrogen functional groups attached to an aromatic ring is 1. The summed E-state index contributed by atoms with van der Waals surface area (Å²) in [7, 11) is 1.60. The van der Waals surface area contributed by atoms with Crippen LogP contribution in [0.4, 0.5) is 10.2 Å². The average molecular weight is 271 g/mol. The van der Waals surface area contributed by atoms with E-state index in [-0.39, 0.29) is 11.4 Å². The summed E-state index contributed by atoms with van der Waals surface area (Å²) in [6.45, 7) is 1.99. The molecule has 0 aliphatic heterocycles. The standard InChI is InChI=1S/C12H18FN3O3/c1-18-5-6-19-4-2-3-15-12(17)10-7-9(13)8-16-11(10)14/h7-8H,2-6H2,1H3,(H2,14,16)(H,15,17). The lowest BCUT2D eigenvalue weighted by Gasteiger charge is -2.07. The first-order chi connectivity index (χ1) is 9.15. The van der Waals surface area contributed by atoms with E-state index in [9.17, 15) is 9.18 Å². The number of ether oxygens (including phenoxy) is 2. The zero-order valence-electron chi connectivity index (χ0n) is 10.8. The summed E-state index contributed by atoms with van der Waals surface area (Å²) in [6, 6.07) is 1.06. The Hall–Kier alpha value is -1.73. The van der Waals surface area contributed by atoms with E-state index in [2.05, 4.69) is 10.3 Å². The quantitative estimate of drug-likeness (QED) is 0.676. The van der Waals surface area contributed by atoms with Crippen LogP contribution in [-0.4, -0.2) is 44.4 Å². The fraction of sp³-hybridized carbons (Fsp3) is 0.500. The van der Waals surface area contributed by atoms with E-state index >= 15 is 0 Å². The first kappa shape index (κ1) is 15.3. The molecule has 1 rings (SSSR count). The smallest absolute Gasteiger partial charge is 0.255 e. The lowest BCUT2D eigenvalue weighted by atomic mass is 10.2. The highest BCUT2D eigenvalue weighted by Crippen LogP contribution is 2.09. The van der Waals surface area contributed by atoms with Crippen LogP contribution in [-0.2, 0) is 9.47 Å². The first-order valence-corrected chi connectivity index (χ1v) is 5.91. The topological polar surface area (TPSA) is 86.5 Å². The van der Waals surface area contributed by atoms with Gasteiger partial charge in [0.05, 0.1) is 25.0 Å². The van der Waals surface area contributed by atoms with Gasteiger partial charge < -0.3 is 20.5 Å². The number of pyridine rings is 1. The van der Waals surface area contributed by atoms with E-state index in [0.717, 1.165) is 12.3 Å². The highest BCUT2D eigenvalue weighted by Gasteiger charge is 2.11. The molecule has 1 heterocycles. The number of nitrogens with one attached hydrogen (secondary N) is 1. The Labute approximate surface area is 111 Å². The van der Waals surface area contributed by atoms with Crippen LogP contribution >= 0.6 is 0 Å². The number of aromatic nitrogens is 1. The van der Waals surface area contributed by atoms with Crippen molar-refractivity contribution >= 4 is 11.7 Å². The molecule has 6 nitrogen and oxygen atoms in total. The lowest BCUT2D eigenvalue weighted by Crippen LogP contribution is -2.26. The molecule has 0 saturated heterocycles. The van der Waals surface area contributed by atoms with Crippen molar-refractivity contribution in [3.05, 3.63) is 23.6 Å². The third kappa shape index (κ3) is 5.62. The van der Waals surface area contributed by atoms with Gasteiger partial charge in [0, 0.05) is 20.3 Å². The van der Waals surface area contributed by atoms with Gasteiger partial charge in [0.15, 0.2) is 0 Å². The summed E-state index contributed by atoms with van der Waals surface area (Å²) in [5, 5.41) is 2.62. The van der Waals surface area contributed by atoms with Crippen molar-refractivity contribution in [1.82, 2.24) is 10.3 Å². The van der Waals surface area contributed by atoms with Gasteiger partial charge in [-0.25, -0.2) is 9.37 Å². The van der Waals surface area contributed by atoms with Gasteiger partial charge in [-0.1, -0.05) is 0 Å². The number of carbonyl (C=O) groups excluding carboxylic acids is 1. The Kier molecular flexibility index (Phi) is 6.76. The lowest BCUT2D eigenvalue weighted by molar-refractivity contribution is 0.0688. The van der Waals surface area contributed by atoms with Crippen LogP contribution in [0.15, 0.2) is 12.3 Å². The molecule has 1 amide bonds. The molecule has 0 radical (unpaired) electrons. The van der Waals surface area contributed by atoms with Crippen molar-refractivity contribution in [2.24, 2.45) is 0 Å². The van der Waals surface area contributed by atoms with Crippen molar-refractivity contribution in [3.8, 4) is 0 Å². The molecule has 0 bridgehead atoms. The monoisotopic (exact) mass is 271 g/mol. The van der Waals surface area contributed by atoms with Crippen LogP contribution in [0.25, 0.3) is 0 Å². The zero-order valence-corrected chi connectivity index (χ0v) is 10.8. The maximum Gasteiger partial charge on any atom is 0.255 e. The minimum Gasteiger partial charge on any atom is -0.383 e. The summed E-state index contributed by atoms with van der Waals surface area (Å²) >= 11 is 0. The maximum absolute atomic E-state index is 12.9. The van der Waals surface area contributed by atoms with Crippen LogP contribution in [0.5, 0.6) is 0 Å². The highest BCUT2D eigenvalue weighted by molar-refractivity contribution is 5.98. The van der Waals surface area contributed by atoms with Crippen molar-refractivity contribution < 1.29 is 18.7 Å². The van der Waals surface area contributed by atoms with Gasteiger partial charge in [-0.3, -0.25) is 4.79 Å². The summed E-state index contributed by atoms with van der Waals surface area (Å²) in [5.74, 6) is -1.03. The molecule has 0 aliphatic rings. The summed E-state index contributed by atoms with van der Waals surface area (Å²) in [6.07, 6.45) is 1.62. The number of rotatable bonds is 8. The van der Waals surface area contributed by atoms with E-state index in [1.165, 1.54) is 0 Å². The number of anilines is 1. The molecule has 0 aliphatic carbocycles. The summed E-state index contributed by atoms with van der Waals surface area (Å²) in [4.78, 5) is 15.3. The van der Waals surface area contributed by atoms with E-state index in [4.69, 9.17) is 15.2 Å². The van der Waals surface area contributed by atoms with Gasteiger partial charge in [0.25, 0.3) is 5.91 Å². The van der Waals surface area contributed by atoms with Crippen molar-refractivity contribution in [1.29, 1.82) is 0 Å². The summed E-state index contributed by atoms with van der Waals surface area (Å²) < 4.78 is 23.0. The van der Waals surface area contributed by atoms with E-state index in [0.29, 0.717) is 32.8 Å². The predicted octanol–water partition coefficient (Wildman–Crippen LogP) is 0.586. The third-order valence-electron chi connectivity index (χ3n) is 2.31. The second kappa shape index (κ2) is 8.39. The number of hydrogen-bond donors (Lipinski definition) is 2. The van der Waals surface area contributed by atoms with Crippen LogP contribution in [0.3, 0.4) is 0 Å². The largest absolute Gasteiger partial charge is 0.383 e. The average Bonchev–Trinajstić information content (AvgIpc) is 2.40. The molecule has 3 N–H and O–H groups in total. The number of carbonyl (C=O) groups is 1. The molecule has 0 unspecified atom stereocenters. The Balaban J connectivity index is 2.26. The maximum atomic E-state index is 12.9. The molecule has 106 valence electrons. The van der Waals surface area contributed by atoms with Crippen LogP contribution in [0, 0.1) is 5.82 Å². The Bertz CT molecular complexity index is 415. The number of nitrogens with zero attached hydrogens (tertiary/aromatic N) is 1. The SMILES string of the molecule is COCCOCCCNC(=O)c1cc(F)cnc1N. The number of methoxy groups -OCH3 is 1. The van der Waals surface area contributed by atoms with Crippen molar-refractivity contribution in [3.63, 3.8) is 0 Å². The molecular weight excluding hydrogens is 253 g/mol. The predicted molar refractivity (Wildman–Crippen MR) is 68.3 cm³/mol.